The first-order valence-corrected chi connectivity index (χ1v) is 4.44. The van der Waals surface area contributed by atoms with E-state index in [0.717, 1.165) is 12.8 Å². The molecule has 0 amide bonds. The van der Waals surface area contributed by atoms with Crippen molar-refractivity contribution in [1.82, 2.24) is 0 Å². The molecule has 12 heavy (non-hydrogen) atoms. The van der Waals surface area contributed by atoms with E-state index in [4.69, 9.17) is 6.42 Å². The first-order valence-electron chi connectivity index (χ1n) is 4.44. The summed E-state index contributed by atoms with van der Waals surface area (Å²) in [7, 11) is 0. The van der Waals surface area contributed by atoms with Gasteiger partial charge in [0.25, 0.3) is 0 Å². The van der Waals surface area contributed by atoms with Crippen LogP contribution in [0.3, 0.4) is 0 Å². The Morgan fingerprint density at radius 1 is 1.58 bits per heavy atom. The molecule has 68 valence electrons. The highest BCUT2D eigenvalue weighted by Crippen LogP contribution is 2.17. The zero-order valence-electron chi connectivity index (χ0n) is 8.17. The van der Waals surface area contributed by atoms with Gasteiger partial charge in [-0.2, -0.15) is 0 Å². The van der Waals surface area contributed by atoms with Gasteiger partial charge in [-0.3, -0.25) is 0 Å². The van der Waals surface area contributed by atoms with E-state index in [-0.39, 0.29) is 5.92 Å². The summed E-state index contributed by atoms with van der Waals surface area (Å²) in [6.45, 7) is 5.92. The molecule has 0 aliphatic carbocycles. The standard InChI is InChI=1S/C11H18O/c1-5-7-8-9-11(12,6-2)10(3)4/h2,8-10,12H,5,7H2,1,3-4H3/b9-8+/t11-/m1/s1. The Bertz CT molecular complexity index is 186. The van der Waals surface area contributed by atoms with Crippen molar-refractivity contribution in [3.05, 3.63) is 12.2 Å². The van der Waals surface area contributed by atoms with Gasteiger partial charge in [0.05, 0.1) is 0 Å². The number of allylic oxidation sites excluding steroid dienone is 1. The molecule has 0 aliphatic heterocycles. The summed E-state index contributed by atoms with van der Waals surface area (Å²) >= 11 is 0. The Balaban J connectivity index is 4.26. The van der Waals surface area contributed by atoms with Gasteiger partial charge in [-0.15, -0.1) is 6.42 Å². The van der Waals surface area contributed by atoms with E-state index in [0.29, 0.717) is 0 Å². The molecule has 0 saturated heterocycles. The number of hydrogen-bond donors (Lipinski definition) is 1. The Labute approximate surface area is 75.5 Å². The fraction of sp³-hybridized carbons (Fsp3) is 0.636. The average Bonchev–Trinajstić information content (AvgIpc) is 2.04. The van der Waals surface area contributed by atoms with Crippen LogP contribution in [0.15, 0.2) is 12.2 Å². The second-order valence-electron chi connectivity index (χ2n) is 3.32. The number of terminal acetylenes is 1. The van der Waals surface area contributed by atoms with Gasteiger partial charge in [0.1, 0.15) is 5.60 Å². The van der Waals surface area contributed by atoms with Crippen molar-refractivity contribution in [3.63, 3.8) is 0 Å². The summed E-state index contributed by atoms with van der Waals surface area (Å²) in [5.41, 5.74) is -1.06. The summed E-state index contributed by atoms with van der Waals surface area (Å²) in [6.07, 6.45) is 11.0. The molecule has 0 heterocycles. The predicted molar refractivity (Wildman–Crippen MR) is 52.7 cm³/mol. The van der Waals surface area contributed by atoms with Gasteiger partial charge in [0.2, 0.25) is 0 Å². The van der Waals surface area contributed by atoms with E-state index in [1.54, 1.807) is 6.08 Å². The summed E-state index contributed by atoms with van der Waals surface area (Å²) in [5, 5.41) is 9.80. The third-order valence-corrected chi connectivity index (χ3v) is 1.94. The molecular formula is C11H18O. The summed E-state index contributed by atoms with van der Waals surface area (Å²) < 4.78 is 0. The lowest BCUT2D eigenvalue weighted by molar-refractivity contribution is 0.102. The van der Waals surface area contributed by atoms with Crippen LogP contribution >= 0.6 is 0 Å². The van der Waals surface area contributed by atoms with Crippen LogP contribution in [0, 0.1) is 18.3 Å². The monoisotopic (exact) mass is 166 g/mol. The Morgan fingerprint density at radius 2 is 2.17 bits per heavy atom. The number of hydrogen-bond acceptors (Lipinski definition) is 1. The summed E-state index contributed by atoms with van der Waals surface area (Å²) in [6, 6.07) is 0. The highest BCUT2D eigenvalue weighted by atomic mass is 16.3. The van der Waals surface area contributed by atoms with Crippen molar-refractivity contribution in [3.8, 4) is 12.3 Å². The van der Waals surface area contributed by atoms with Crippen LogP contribution in [0.25, 0.3) is 0 Å². The van der Waals surface area contributed by atoms with Crippen LogP contribution in [0.4, 0.5) is 0 Å². The van der Waals surface area contributed by atoms with Crippen molar-refractivity contribution in [1.29, 1.82) is 0 Å². The molecule has 0 aromatic rings. The van der Waals surface area contributed by atoms with Crippen LogP contribution in [-0.2, 0) is 0 Å². The SMILES string of the molecule is C#C[C@@](O)(/C=C/CCC)C(C)C. The maximum atomic E-state index is 9.80. The normalized spacial score (nSPS) is 16.3. The quantitative estimate of drug-likeness (QED) is 0.502. The summed E-state index contributed by atoms with van der Waals surface area (Å²) in [5.74, 6) is 2.47. The Hall–Kier alpha value is -0.740. The van der Waals surface area contributed by atoms with E-state index in [1.807, 2.05) is 19.9 Å². The minimum absolute atomic E-state index is 0.0654. The van der Waals surface area contributed by atoms with Gasteiger partial charge >= 0.3 is 0 Å². The van der Waals surface area contributed by atoms with Gasteiger partial charge in [0, 0.05) is 0 Å². The third kappa shape index (κ3) is 3.11. The smallest absolute Gasteiger partial charge is 0.146 e. The molecule has 1 N–H and O–H groups in total. The van der Waals surface area contributed by atoms with E-state index in [9.17, 15) is 5.11 Å². The van der Waals surface area contributed by atoms with Crippen LogP contribution < -0.4 is 0 Å². The highest BCUT2D eigenvalue weighted by Gasteiger charge is 2.24. The molecular weight excluding hydrogens is 148 g/mol. The van der Waals surface area contributed by atoms with Crippen molar-refractivity contribution >= 4 is 0 Å². The van der Waals surface area contributed by atoms with Gasteiger partial charge < -0.3 is 5.11 Å². The van der Waals surface area contributed by atoms with E-state index in [2.05, 4.69) is 12.8 Å². The Morgan fingerprint density at radius 3 is 2.50 bits per heavy atom. The largest absolute Gasteiger partial charge is 0.374 e. The second-order valence-corrected chi connectivity index (χ2v) is 3.32. The topological polar surface area (TPSA) is 20.2 Å². The van der Waals surface area contributed by atoms with Crippen LogP contribution in [-0.4, -0.2) is 10.7 Å². The molecule has 0 spiro atoms. The molecule has 0 aromatic heterocycles. The lowest BCUT2D eigenvalue weighted by atomic mass is 9.90. The molecule has 0 unspecified atom stereocenters. The predicted octanol–water partition coefficient (Wildman–Crippen LogP) is 2.36. The minimum atomic E-state index is -1.06. The molecule has 1 atom stereocenters. The van der Waals surface area contributed by atoms with Gasteiger partial charge in [-0.1, -0.05) is 39.2 Å². The first kappa shape index (κ1) is 11.3. The lowest BCUT2D eigenvalue weighted by Crippen LogP contribution is -2.30. The van der Waals surface area contributed by atoms with Crippen molar-refractivity contribution in [2.24, 2.45) is 5.92 Å². The number of unbranched alkanes of at least 4 members (excludes halogenated alkanes) is 1. The van der Waals surface area contributed by atoms with E-state index < -0.39 is 5.60 Å². The minimum Gasteiger partial charge on any atom is -0.374 e. The molecule has 0 aromatic carbocycles. The number of rotatable bonds is 4. The Kier molecular flexibility index (Phi) is 4.70. The molecule has 0 saturated carbocycles. The van der Waals surface area contributed by atoms with E-state index in [1.165, 1.54) is 0 Å². The molecule has 0 radical (unpaired) electrons. The zero-order valence-corrected chi connectivity index (χ0v) is 8.17. The zero-order chi connectivity index (χ0) is 9.61. The first-order chi connectivity index (χ1) is 5.56. The molecule has 0 rings (SSSR count). The van der Waals surface area contributed by atoms with Crippen molar-refractivity contribution in [2.45, 2.75) is 39.2 Å². The molecule has 0 fully saturated rings. The lowest BCUT2D eigenvalue weighted by Gasteiger charge is -2.22. The molecule has 0 aliphatic rings. The highest BCUT2D eigenvalue weighted by molar-refractivity contribution is 5.20. The fourth-order valence-corrected chi connectivity index (χ4v) is 0.837. The van der Waals surface area contributed by atoms with Crippen LogP contribution in [0.5, 0.6) is 0 Å². The third-order valence-electron chi connectivity index (χ3n) is 1.94. The van der Waals surface area contributed by atoms with Crippen LogP contribution in [0.2, 0.25) is 0 Å². The fourth-order valence-electron chi connectivity index (χ4n) is 0.837. The van der Waals surface area contributed by atoms with Crippen molar-refractivity contribution < 1.29 is 5.11 Å². The van der Waals surface area contributed by atoms with Gasteiger partial charge in [0.15, 0.2) is 0 Å². The van der Waals surface area contributed by atoms with Gasteiger partial charge in [-0.05, 0) is 18.4 Å². The average molecular weight is 166 g/mol. The van der Waals surface area contributed by atoms with Crippen LogP contribution in [0.1, 0.15) is 33.6 Å². The number of aliphatic hydroxyl groups is 1. The molecule has 1 heteroatoms. The second kappa shape index (κ2) is 5.00. The summed E-state index contributed by atoms with van der Waals surface area (Å²) in [4.78, 5) is 0. The maximum absolute atomic E-state index is 9.80. The molecule has 0 bridgehead atoms. The van der Waals surface area contributed by atoms with Crippen molar-refractivity contribution in [2.75, 3.05) is 0 Å². The molecule has 1 nitrogen and oxygen atoms in total. The maximum Gasteiger partial charge on any atom is 0.146 e. The van der Waals surface area contributed by atoms with E-state index >= 15 is 0 Å². The van der Waals surface area contributed by atoms with Gasteiger partial charge in [-0.25, -0.2) is 0 Å².